The summed E-state index contributed by atoms with van der Waals surface area (Å²) < 4.78 is 0. The molecule has 1 nitrogen and oxygen atoms in total. The second-order valence-corrected chi connectivity index (χ2v) is 5.22. The Morgan fingerprint density at radius 1 is 0.950 bits per heavy atom. The van der Waals surface area contributed by atoms with Crippen molar-refractivity contribution in [2.75, 3.05) is 0 Å². The van der Waals surface area contributed by atoms with E-state index in [-0.39, 0.29) is 0 Å². The number of benzene rings is 2. The Hall–Kier alpha value is -1.54. The molecule has 0 amide bonds. The molecule has 0 aromatic heterocycles. The van der Waals surface area contributed by atoms with Gasteiger partial charge in [0, 0.05) is 13.1 Å². The van der Waals surface area contributed by atoms with Gasteiger partial charge in [-0.15, -0.1) is 0 Å². The normalized spacial score (nSPS) is 10.7. The number of aryl methyl sites for hydroxylation is 1. The molecule has 0 unspecified atom stereocenters. The van der Waals surface area contributed by atoms with Crippen LogP contribution in [0, 0.1) is 0 Å². The molecule has 0 aliphatic carbocycles. The van der Waals surface area contributed by atoms with Gasteiger partial charge in [-0.3, -0.25) is 0 Å². The topological polar surface area (TPSA) is 12.0 Å². The standard InChI is InChI=1S/C18H22BN/c1-2-3-9-16-10-11-18(19)12-17(16)14-20-13-15-7-5-4-6-8-15/h4-8,10-12,20H,2-3,9,13-14H2,1H3. The molecule has 0 saturated carbocycles. The average molecular weight is 263 g/mol. The molecule has 0 bridgehead atoms. The minimum atomic E-state index is 0.849. The highest BCUT2D eigenvalue weighted by atomic mass is 14.8. The lowest BCUT2D eigenvalue weighted by Gasteiger charge is -2.12. The van der Waals surface area contributed by atoms with E-state index in [9.17, 15) is 0 Å². The van der Waals surface area contributed by atoms with Gasteiger partial charge in [0.25, 0.3) is 0 Å². The van der Waals surface area contributed by atoms with Crippen LogP contribution in [0.2, 0.25) is 0 Å². The molecule has 2 aromatic carbocycles. The summed E-state index contributed by atoms with van der Waals surface area (Å²) in [5, 5.41) is 3.51. The molecule has 0 aliphatic rings. The number of hydrogen-bond donors (Lipinski definition) is 1. The van der Waals surface area contributed by atoms with E-state index in [0.717, 1.165) is 25.0 Å². The summed E-state index contributed by atoms with van der Waals surface area (Å²) in [4.78, 5) is 0. The van der Waals surface area contributed by atoms with Crippen molar-refractivity contribution < 1.29 is 0 Å². The van der Waals surface area contributed by atoms with Gasteiger partial charge >= 0.3 is 0 Å². The summed E-state index contributed by atoms with van der Waals surface area (Å²) in [6.07, 6.45) is 3.59. The van der Waals surface area contributed by atoms with Gasteiger partial charge in [-0.25, -0.2) is 0 Å². The lowest BCUT2D eigenvalue weighted by atomic mass is 9.90. The Morgan fingerprint density at radius 2 is 1.75 bits per heavy atom. The van der Waals surface area contributed by atoms with E-state index in [4.69, 9.17) is 7.85 Å². The van der Waals surface area contributed by atoms with Gasteiger partial charge in [-0.2, -0.15) is 0 Å². The molecular weight excluding hydrogens is 241 g/mol. The second kappa shape index (κ2) is 7.91. The van der Waals surface area contributed by atoms with Crippen molar-refractivity contribution in [1.29, 1.82) is 0 Å². The quantitative estimate of drug-likeness (QED) is 0.757. The lowest BCUT2D eigenvalue weighted by Crippen LogP contribution is -2.16. The monoisotopic (exact) mass is 263 g/mol. The molecule has 0 saturated heterocycles. The van der Waals surface area contributed by atoms with Gasteiger partial charge in [-0.1, -0.05) is 67.3 Å². The summed E-state index contributed by atoms with van der Waals surface area (Å²) >= 11 is 0. The SMILES string of the molecule is [B]c1ccc(CCCC)c(CNCc2ccccc2)c1. The largest absolute Gasteiger partial charge is 0.309 e. The van der Waals surface area contributed by atoms with Crippen molar-refractivity contribution in [3.8, 4) is 0 Å². The van der Waals surface area contributed by atoms with Gasteiger partial charge in [0.15, 0.2) is 0 Å². The third kappa shape index (κ3) is 4.54. The highest BCUT2D eigenvalue weighted by molar-refractivity contribution is 6.32. The Morgan fingerprint density at radius 3 is 2.50 bits per heavy atom. The molecular formula is C18H22BN. The first kappa shape index (κ1) is 14.9. The summed E-state index contributed by atoms with van der Waals surface area (Å²) in [6.45, 7) is 3.99. The van der Waals surface area contributed by atoms with Crippen LogP contribution in [0.25, 0.3) is 0 Å². The number of rotatable bonds is 7. The maximum atomic E-state index is 5.91. The minimum Gasteiger partial charge on any atom is -0.309 e. The van der Waals surface area contributed by atoms with Crippen LogP contribution >= 0.6 is 0 Å². The summed E-state index contributed by atoms with van der Waals surface area (Å²) in [6, 6.07) is 16.8. The molecule has 1 N–H and O–H groups in total. The van der Waals surface area contributed by atoms with E-state index in [0.29, 0.717) is 0 Å². The van der Waals surface area contributed by atoms with Crippen LogP contribution in [-0.4, -0.2) is 7.85 Å². The molecule has 0 atom stereocenters. The van der Waals surface area contributed by atoms with E-state index in [1.165, 1.54) is 29.5 Å². The fraction of sp³-hybridized carbons (Fsp3) is 0.333. The van der Waals surface area contributed by atoms with Crippen molar-refractivity contribution in [2.24, 2.45) is 0 Å². The van der Waals surface area contributed by atoms with Crippen LogP contribution in [0.3, 0.4) is 0 Å². The zero-order chi connectivity index (χ0) is 14.2. The molecule has 0 fully saturated rings. The van der Waals surface area contributed by atoms with Crippen molar-refractivity contribution in [3.63, 3.8) is 0 Å². The van der Waals surface area contributed by atoms with Crippen molar-refractivity contribution in [3.05, 3.63) is 65.2 Å². The second-order valence-electron chi connectivity index (χ2n) is 5.22. The summed E-state index contributed by atoms with van der Waals surface area (Å²) in [5.41, 5.74) is 4.91. The highest BCUT2D eigenvalue weighted by Gasteiger charge is 2.02. The van der Waals surface area contributed by atoms with Gasteiger partial charge in [0.05, 0.1) is 0 Å². The van der Waals surface area contributed by atoms with Gasteiger partial charge in [0.1, 0.15) is 7.85 Å². The zero-order valence-corrected chi connectivity index (χ0v) is 12.2. The Labute approximate surface area is 123 Å². The predicted molar refractivity (Wildman–Crippen MR) is 87.4 cm³/mol. The van der Waals surface area contributed by atoms with E-state index >= 15 is 0 Å². The third-order valence-corrected chi connectivity index (χ3v) is 3.52. The number of unbranched alkanes of at least 4 members (excludes halogenated alkanes) is 1. The molecule has 2 aromatic rings. The third-order valence-electron chi connectivity index (χ3n) is 3.52. The maximum absolute atomic E-state index is 5.91. The van der Waals surface area contributed by atoms with Crippen molar-refractivity contribution >= 4 is 13.3 Å². The molecule has 0 aliphatic heterocycles. The van der Waals surface area contributed by atoms with Gasteiger partial charge in [-0.05, 0) is 29.5 Å². The molecule has 20 heavy (non-hydrogen) atoms. The number of nitrogens with one attached hydrogen (secondary N) is 1. The van der Waals surface area contributed by atoms with Crippen molar-refractivity contribution in [2.45, 2.75) is 39.3 Å². The average Bonchev–Trinajstić information content (AvgIpc) is 2.47. The van der Waals surface area contributed by atoms with E-state index in [1.807, 2.05) is 12.1 Å². The van der Waals surface area contributed by atoms with E-state index < -0.39 is 0 Å². The van der Waals surface area contributed by atoms with Crippen LogP contribution in [-0.2, 0) is 19.5 Å². The van der Waals surface area contributed by atoms with Gasteiger partial charge in [0.2, 0.25) is 0 Å². The minimum absolute atomic E-state index is 0.849. The summed E-state index contributed by atoms with van der Waals surface area (Å²) in [7, 11) is 5.91. The lowest BCUT2D eigenvalue weighted by molar-refractivity contribution is 0.683. The predicted octanol–water partition coefficient (Wildman–Crippen LogP) is 3.11. The maximum Gasteiger partial charge on any atom is 0.113 e. The Bertz CT molecular complexity index is 522. The fourth-order valence-corrected chi connectivity index (χ4v) is 2.36. The molecule has 2 radical (unpaired) electrons. The fourth-order valence-electron chi connectivity index (χ4n) is 2.36. The van der Waals surface area contributed by atoms with Crippen LogP contribution in [0.15, 0.2) is 48.5 Å². The summed E-state index contributed by atoms with van der Waals surface area (Å²) in [5.74, 6) is 0. The first-order valence-corrected chi connectivity index (χ1v) is 7.41. The molecule has 2 heteroatoms. The van der Waals surface area contributed by atoms with Crippen LogP contribution in [0.4, 0.5) is 0 Å². The first-order chi connectivity index (χ1) is 9.79. The first-order valence-electron chi connectivity index (χ1n) is 7.41. The molecule has 0 spiro atoms. The van der Waals surface area contributed by atoms with Crippen molar-refractivity contribution in [1.82, 2.24) is 5.32 Å². The van der Waals surface area contributed by atoms with Crippen LogP contribution in [0.1, 0.15) is 36.5 Å². The Balaban J connectivity index is 1.95. The molecule has 0 heterocycles. The number of hydrogen-bond acceptors (Lipinski definition) is 1. The molecule has 102 valence electrons. The van der Waals surface area contributed by atoms with Crippen LogP contribution in [0.5, 0.6) is 0 Å². The van der Waals surface area contributed by atoms with E-state index in [2.05, 4.69) is 48.6 Å². The molecule has 2 rings (SSSR count). The zero-order valence-electron chi connectivity index (χ0n) is 12.2. The van der Waals surface area contributed by atoms with Crippen LogP contribution < -0.4 is 10.8 Å². The van der Waals surface area contributed by atoms with Gasteiger partial charge < -0.3 is 5.32 Å². The smallest absolute Gasteiger partial charge is 0.113 e. The highest BCUT2D eigenvalue weighted by Crippen LogP contribution is 2.11. The Kier molecular flexibility index (Phi) is 5.88. The van der Waals surface area contributed by atoms with E-state index in [1.54, 1.807) is 0 Å².